The van der Waals surface area contributed by atoms with Crippen LogP contribution in [0.5, 0.6) is 0 Å². The van der Waals surface area contributed by atoms with Crippen molar-refractivity contribution in [1.29, 1.82) is 0 Å². The average molecular weight is 491 g/mol. The van der Waals surface area contributed by atoms with Gasteiger partial charge in [0.1, 0.15) is 17.3 Å². The van der Waals surface area contributed by atoms with E-state index in [-0.39, 0.29) is 18.8 Å². The van der Waals surface area contributed by atoms with E-state index >= 15 is 0 Å². The van der Waals surface area contributed by atoms with E-state index in [1.165, 1.54) is 18.1 Å². The van der Waals surface area contributed by atoms with Gasteiger partial charge in [0, 0.05) is 24.2 Å². The summed E-state index contributed by atoms with van der Waals surface area (Å²) in [6, 6.07) is -0.686. The summed E-state index contributed by atoms with van der Waals surface area (Å²) in [6.45, 7) is 1.41. The maximum atomic E-state index is 12.7. The van der Waals surface area contributed by atoms with Crippen molar-refractivity contribution in [1.82, 2.24) is 19.7 Å². The van der Waals surface area contributed by atoms with Gasteiger partial charge in [-0.15, -0.1) is 4.53 Å². The van der Waals surface area contributed by atoms with Crippen molar-refractivity contribution in [3.8, 4) is 0 Å². The molecule has 15 nitrogen and oxygen atoms in total. The number of nitrogens with one attached hydrogen (secondary N) is 1. The molecule has 4 amide bonds. The zero-order valence-corrected chi connectivity index (χ0v) is 18.9. The molecule has 2 aliphatic heterocycles. The Kier molecular flexibility index (Phi) is 6.54. The lowest BCUT2D eigenvalue weighted by molar-refractivity contribution is -0.144. The van der Waals surface area contributed by atoms with Gasteiger partial charge in [-0.05, 0) is 17.6 Å². The number of carbonyl (C=O) groups excluding carboxylic acids is 3. The van der Waals surface area contributed by atoms with E-state index in [2.05, 4.69) is 9.68 Å². The number of β-lactam (4-membered cyclic amide) rings is 1. The molecule has 0 saturated carbocycles. The summed E-state index contributed by atoms with van der Waals surface area (Å²) in [4.78, 5) is 43.4. The average Bonchev–Trinajstić information content (AvgIpc) is 3.24. The SMILES string of the molecule is CO/N=S1/C=C(CC(N)=O)N(C2CN(C(=O)NS(=O)(=O)N(C)c3cc(C)on3)C2=O)C1N. The molecule has 3 atom stereocenters. The van der Waals surface area contributed by atoms with Crippen molar-refractivity contribution in [3.63, 3.8) is 0 Å². The summed E-state index contributed by atoms with van der Waals surface area (Å²) in [6.07, 6.45) is -0.192. The number of rotatable bonds is 7. The summed E-state index contributed by atoms with van der Waals surface area (Å²) < 4.78 is 36.1. The van der Waals surface area contributed by atoms with Gasteiger partial charge in [-0.2, -0.15) is 8.42 Å². The zero-order chi connectivity index (χ0) is 23.8. The quantitative estimate of drug-likeness (QED) is 0.289. The first-order valence-corrected chi connectivity index (χ1v) is 11.8. The van der Waals surface area contributed by atoms with Crippen molar-refractivity contribution in [2.24, 2.45) is 16.0 Å². The molecule has 0 aromatic carbocycles. The highest BCUT2D eigenvalue weighted by atomic mass is 32.2. The molecule has 5 N–H and O–H groups in total. The van der Waals surface area contributed by atoms with Gasteiger partial charge in [0.05, 0.1) is 20.1 Å². The lowest BCUT2D eigenvalue weighted by atomic mass is 10.1. The third-order valence-corrected chi connectivity index (χ3v) is 7.53. The predicted octanol–water partition coefficient (Wildman–Crippen LogP) is -1.78. The lowest BCUT2D eigenvalue weighted by Crippen LogP contribution is -2.69. The molecule has 32 heavy (non-hydrogen) atoms. The molecule has 1 fully saturated rings. The minimum atomic E-state index is -4.36. The summed E-state index contributed by atoms with van der Waals surface area (Å²) in [5.41, 5.74) is 11.0. The van der Waals surface area contributed by atoms with Gasteiger partial charge < -0.3 is 20.9 Å². The highest BCUT2D eigenvalue weighted by Crippen LogP contribution is 2.31. The molecule has 0 aliphatic carbocycles. The molecule has 3 heterocycles. The Labute approximate surface area is 185 Å². The first-order valence-electron chi connectivity index (χ1n) is 9.00. The molecule has 1 aromatic rings. The Hall–Kier alpha value is -3.02. The van der Waals surface area contributed by atoms with Crippen LogP contribution in [0.15, 0.2) is 26.2 Å². The second-order valence-electron chi connectivity index (χ2n) is 6.79. The molecule has 176 valence electrons. The zero-order valence-electron chi connectivity index (χ0n) is 17.3. The highest BCUT2D eigenvalue weighted by Gasteiger charge is 2.49. The topological polar surface area (TPSA) is 207 Å². The molecule has 0 bridgehead atoms. The van der Waals surface area contributed by atoms with Crippen LogP contribution in [0.2, 0.25) is 0 Å². The second-order valence-corrected chi connectivity index (χ2v) is 10.1. The molecule has 1 saturated heterocycles. The minimum Gasteiger partial charge on any atom is -0.369 e. The van der Waals surface area contributed by atoms with Gasteiger partial charge in [-0.1, -0.05) is 5.16 Å². The molecule has 0 radical (unpaired) electrons. The number of nitrogens with two attached hydrogens (primary N) is 2. The standard InChI is InChI=1S/C15H22N8O7S2/c1-8-4-12(18-30-8)21(2)32(27,28)19-15(26)22-6-10(13(22)25)23-9(5-11(16)24)7-31(14(23)17)20-29-3/h4,7,10,14H,5-6,17H2,1-3H3,(H2,16,24)(H,19,26). The maximum Gasteiger partial charge on any atom is 0.339 e. The number of aryl methyl sites for hydroxylation is 1. The van der Waals surface area contributed by atoms with Gasteiger partial charge in [0.2, 0.25) is 5.91 Å². The number of anilines is 1. The van der Waals surface area contributed by atoms with Gasteiger partial charge in [-0.25, -0.2) is 18.7 Å². The largest absolute Gasteiger partial charge is 0.369 e. The predicted molar refractivity (Wildman–Crippen MR) is 111 cm³/mol. The van der Waals surface area contributed by atoms with Crippen LogP contribution in [0.1, 0.15) is 12.2 Å². The summed E-state index contributed by atoms with van der Waals surface area (Å²) in [5.74, 6) is -1.02. The van der Waals surface area contributed by atoms with Gasteiger partial charge in [0.25, 0.3) is 5.91 Å². The number of urea groups is 1. The van der Waals surface area contributed by atoms with E-state index in [1.807, 2.05) is 0 Å². The number of hydrogen-bond donors (Lipinski definition) is 3. The Bertz CT molecular complexity index is 1110. The number of nitrogens with zero attached hydrogens (tertiary/aromatic N) is 5. The van der Waals surface area contributed by atoms with Crippen molar-refractivity contribution in [3.05, 3.63) is 22.9 Å². The number of amides is 4. The number of hydrogen-bond acceptors (Lipinski definition) is 11. The van der Waals surface area contributed by atoms with Crippen molar-refractivity contribution in [2.45, 2.75) is 24.9 Å². The number of likely N-dealkylation sites (tertiary alicyclic amines) is 1. The number of primary amides is 1. The first-order chi connectivity index (χ1) is 15.0. The number of aromatic nitrogens is 1. The fourth-order valence-corrected chi connectivity index (χ4v) is 5.29. The van der Waals surface area contributed by atoms with Crippen LogP contribution in [-0.2, 0) is 35.3 Å². The van der Waals surface area contributed by atoms with Crippen molar-refractivity contribution >= 4 is 44.6 Å². The second kappa shape index (κ2) is 8.85. The number of imide groups is 1. The molecule has 3 unspecified atom stereocenters. The molecule has 0 spiro atoms. The monoisotopic (exact) mass is 490 g/mol. The molecule has 1 aromatic heterocycles. The number of carbonyl (C=O) groups is 3. The fourth-order valence-electron chi connectivity index (χ4n) is 3.05. The maximum absolute atomic E-state index is 12.7. The van der Waals surface area contributed by atoms with Crippen molar-refractivity contribution in [2.75, 3.05) is 25.0 Å². The first kappa shape index (κ1) is 23.6. The van der Waals surface area contributed by atoms with Gasteiger partial charge in [-0.3, -0.25) is 14.5 Å². The molecule has 3 rings (SSSR count). The Balaban J connectivity index is 1.70. The summed E-state index contributed by atoms with van der Waals surface area (Å²) in [7, 11) is -2.83. The van der Waals surface area contributed by atoms with E-state index in [1.54, 1.807) is 17.1 Å². The third kappa shape index (κ3) is 4.45. The third-order valence-electron chi connectivity index (χ3n) is 4.63. The van der Waals surface area contributed by atoms with Gasteiger partial charge in [0.15, 0.2) is 5.82 Å². The van der Waals surface area contributed by atoms with E-state index in [0.717, 1.165) is 7.05 Å². The molecular formula is C15H22N8O7S2. The smallest absolute Gasteiger partial charge is 0.339 e. The minimum absolute atomic E-state index is 0.0474. The Morgan fingerprint density at radius 3 is 2.72 bits per heavy atom. The van der Waals surface area contributed by atoms with E-state index in [0.29, 0.717) is 20.7 Å². The Morgan fingerprint density at radius 2 is 2.19 bits per heavy atom. The van der Waals surface area contributed by atoms with Crippen LogP contribution in [0, 0.1) is 6.92 Å². The summed E-state index contributed by atoms with van der Waals surface area (Å²) in [5, 5.41) is 5.14. The van der Waals surface area contributed by atoms with Crippen LogP contribution in [0.25, 0.3) is 0 Å². The highest BCUT2D eigenvalue weighted by molar-refractivity contribution is 7.91. The van der Waals surface area contributed by atoms with Crippen molar-refractivity contribution < 1.29 is 32.2 Å². The van der Waals surface area contributed by atoms with E-state index in [9.17, 15) is 22.8 Å². The van der Waals surface area contributed by atoms with Gasteiger partial charge >= 0.3 is 16.2 Å². The van der Waals surface area contributed by atoms with Crippen LogP contribution in [-0.4, -0.2) is 73.5 Å². The van der Waals surface area contributed by atoms with E-state index in [4.69, 9.17) is 20.8 Å². The van der Waals surface area contributed by atoms with E-state index < -0.39 is 50.3 Å². The molecular weight excluding hydrogens is 468 g/mol. The normalized spacial score (nSPS) is 23.2. The fraction of sp³-hybridized carbons (Fsp3) is 0.467. The van der Waals surface area contributed by atoms with Crippen LogP contribution < -0.4 is 20.5 Å². The van der Waals surface area contributed by atoms with Crippen LogP contribution >= 0.6 is 0 Å². The Morgan fingerprint density at radius 1 is 1.50 bits per heavy atom. The molecule has 17 heteroatoms. The summed E-state index contributed by atoms with van der Waals surface area (Å²) >= 11 is 0. The lowest BCUT2D eigenvalue weighted by Gasteiger charge is -2.44. The van der Waals surface area contributed by atoms with Crippen LogP contribution in [0.3, 0.4) is 0 Å². The molecule has 2 aliphatic rings. The van der Waals surface area contributed by atoms with Crippen LogP contribution in [0.4, 0.5) is 10.6 Å².